The zero-order valence-corrected chi connectivity index (χ0v) is 9.06. The summed E-state index contributed by atoms with van der Waals surface area (Å²) in [6, 6.07) is 1.85. The lowest BCUT2D eigenvalue weighted by molar-refractivity contribution is 0.0532. The maximum atomic E-state index is 11.2. The van der Waals surface area contributed by atoms with Crippen molar-refractivity contribution in [2.45, 2.75) is 13.8 Å². The second kappa shape index (κ2) is 4.01. The van der Waals surface area contributed by atoms with Gasteiger partial charge < -0.3 is 4.74 Å². The van der Waals surface area contributed by atoms with E-state index in [9.17, 15) is 4.79 Å². The fourth-order valence-electron chi connectivity index (χ4n) is 0.799. The van der Waals surface area contributed by atoms with E-state index >= 15 is 0 Å². The summed E-state index contributed by atoms with van der Waals surface area (Å²) < 4.78 is 5.95. The second-order valence-electron chi connectivity index (χ2n) is 2.38. The molecule has 0 amide bonds. The van der Waals surface area contributed by atoms with E-state index in [1.165, 1.54) is 11.3 Å². The Kier molecular flexibility index (Phi) is 3.24. The molecule has 0 saturated heterocycles. The molecule has 4 heteroatoms. The number of carbonyl (C=O) groups excluding carboxylic acids is 1. The molecule has 1 aromatic rings. The fraction of sp³-hybridized carbons (Fsp3) is 0.375. The summed E-state index contributed by atoms with van der Waals surface area (Å²) in [6.45, 7) is 4.21. The Balaban J connectivity index is 2.82. The maximum Gasteiger partial charge on any atom is 0.348 e. The van der Waals surface area contributed by atoms with Gasteiger partial charge in [0, 0.05) is 4.62 Å². The lowest BCUT2D eigenvalue weighted by Gasteiger charge is -1.95. The van der Waals surface area contributed by atoms with Crippen molar-refractivity contribution >= 4 is 31.2 Å². The van der Waals surface area contributed by atoms with Gasteiger partial charge in [-0.25, -0.2) is 4.79 Å². The predicted molar refractivity (Wildman–Crippen MR) is 54.4 cm³/mol. The number of thiophene rings is 1. The quantitative estimate of drug-likeness (QED) is 0.539. The molecule has 1 atom stereocenters. The monoisotopic (exact) mass is 202 g/mol. The second-order valence-corrected chi connectivity index (χ2v) is 4.46. The molecule has 1 rings (SSSR count). The van der Waals surface area contributed by atoms with Gasteiger partial charge >= 0.3 is 5.97 Å². The molecule has 0 bridgehead atoms. The molecule has 0 aliphatic carbocycles. The van der Waals surface area contributed by atoms with Gasteiger partial charge in [0.05, 0.1) is 6.61 Å². The number of hydrogen-bond donors (Lipinski definition) is 0. The van der Waals surface area contributed by atoms with E-state index in [0.717, 1.165) is 10.2 Å². The highest BCUT2D eigenvalue weighted by Crippen LogP contribution is 2.15. The molecular weight excluding hydrogens is 191 g/mol. The van der Waals surface area contributed by atoms with Crippen LogP contribution in [0.15, 0.2) is 6.07 Å². The minimum absolute atomic E-state index is 0.223. The van der Waals surface area contributed by atoms with Crippen LogP contribution >= 0.6 is 20.6 Å². The number of rotatable bonds is 2. The van der Waals surface area contributed by atoms with E-state index in [1.807, 2.05) is 13.0 Å². The minimum Gasteiger partial charge on any atom is -0.462 e. The van der Waals surface area contributed by atoms with E-state index < -0.39 is 0 Å². The zero-order valence-electron chi connectivity index (χ0n) is 7.09. The molecule has 1 aromatic heterocycles. The highest BCUT2D eigenvalue weighted by atomic mass is 32.1. The van der Waals surface area contributed by atoms with Crippen molar-refractivity contribution in [1.82, 2.24) is 0 Å². The Morgan fingerprint density at radius 1 is 1.75 bits per heavy atom. The van der Waals surface area contributed by atoms with Crippen LogP contribution in [-0.2, 0) is 4.74 Å². The standard InChI is InChI=1S/C8H11O2PS/c1-3-10-7(9)6-4-5(2)8(11)12-6/h4H,3,11H2,1-2H3. The van der Waals surface area contributed by atoms with Gasteiger partial charge in [-0.05, 0) is 25.5 Å². The first-order valence-electron chi connectivity index (χ1n) is 3.68. The van der Waals surface area contributed by atoms with Crippen LogP contribution in [0.25, 0.3) is 0 Å². The van der Waals surface area contributed by atoms with Crippen LogP contribution in [0, 0.1) is 6.92 Å². The van der Waals surface area contributed by atoms with Gasteiger partial charge in [-0.15, -0.1) is 11.3 Å². The van der Waals surface area contributed by atoms with Crippen LogP contribution in [0.3, 0.4) is 0 Å². The normalized spacial score (nSPS) is 9.92. The van der Waals surface area contributed by atoms with Crippen molar-refractivity contribution in [3.63, 3.8) is 0 Å². The molecule has 0 fully saturated rings. The summed E-state index contributed by atoms with van der Waals surface area (Å²) >= 11 is 1.45. The summed E-state index contributed by atoms with van der Waals surface area (Å²) in [5.41, 5.74) is 1.12. The topological polar surface area (TPSA) is 26.3 Å². The van der Waals surface area contributed by atoms with Gasteiger partial charge in [0.25, 0.3) is 0 Å². The van der Waals surface area contributed by atoms with E-state index in [0.29, 0.717) is 11.5 Å². The fourth-order valence-corrected chi connectivity index (χ4v) is 2.10. The van der Waals surface area contributed by atoms with Crippen molar-refractivity contribution in [1.29, 1.82) is 0 Å². The average molecular weight is 202 g/mol. The molecule has 0 saturated carbocycles. The third-order valence-corrected chi connectivity index (χ3v) is 3.29. The maximum absolute atomic E-state index is 11.2. The van der Waals surface area contributed by atoms with E-state index in [-0.39, 0.29) is 5.97 Å². The molecule has 0 aliphatic heterocycles. The van der Waals surface area contributed by atoms with Crippen LogP contribution < -0.4 is 4.62 Å². The highest BCUT2D eigenvalue weighted by Gasteiger charge is 2.10. The Hall–Kier alpha value is -0.400. The molecule has 0 radical (unpaired) electrons. The van der Waals surface area contributed by atoms with Gasteiger partial charge in [0.2, 0.25) is 0 Å². The molecule has 0 aromatic carbocycles. The van der Waals surface area contributed by atoms with Crippen LogP contribution in [0.1, 0.15) is 22.2 Å². The summed E-state index contributed by atoms with van der Waals surface area (Å²) in [5, 5.41) is 0. The van der Waals surface area contributed by atoms with E-state index in [2.05, 4.69) is 9.24 Å². The van der Waals surface area contributed by atoms with Crippen LogP contribution in [0.4, 0.5) is 0 Å². The average Bonchev–Trinajstić information content (AvgIpc) is 2.33. The lowest BCUT2D eigenvalue weighted by atomic mass is 10.3. The number of carbonyl (C=O) groups is 1. The Morgan fingerprint density at radius 3 is 2.83 bits per heavy atom. The van der Waals surface area contributed by atoms with Gasteiger partial charge in [-0.1, -0.05) is 9.24 Å². The molecule has 2 nitrogen and oxygen atoms in total. The van der Waals surface area contributed by atoms with Crippen molar-refractivity contribution in [3.8, 4) is 0 Å². The smallest absolute Gasteiger partial charge is 0.348 e. The molecule has 1 unspecified atom stereocenters. The first kappa shape index (κ1) is 9.69. The number of esters is 1. The SMILES string of the molecule is CCOC(=O)c1cc(C)c(P)s1. The predicted octanol–water partition coefficient (Wildman–Crippen LogP) is 1.73. The van der Waals surface area contributed by atoms with Crippen LogP contribution in [0.5, 0.6) is 0 Å². The Bertz CT molecular complexity index is 274. The number of ether oxygens (including phenoxy) is 1. The zero-order chi connectivity index (χ0) is 9.14. The third kappa shape index (κ3) is 2.05. The van der Waals surface area contributed by atoms with Crippen molar-refractivity contribution in [2.75, 3.05) is 6.61 Å². The van der Waals surface area contributed by atoms with Crippen molar-refractivity contribution in [3.05, 3.63) is 16.5 Å². The van der Waals surface area contributed by atoms with Crippen LogP contribution in [0.2, 0.25) is 0 Å². The lowest BCUT2D eigenvalue weighted by Crippen LogP contribution is -2.01. The van der Waals surface area contributed by atoms with Crippen molar-refractivity contribution in [2.24, 2.45) is 0 Å². The highest BCUT2D eigenvalue weighted by molar-refractivity contribution is 7.44. The van der Waals surface area contributed by atoms with Gasteiger partial charge in [-0.3, -0.25) is 0 Å². The molecule has 0 N–H and O–H groups in total. The van der Waals surface area contributed by atoms with E-state index in [4.69, 9.17) is 4.74 Å². The molecule has 0 spiro atoms. The summed E-state index contributed by atoms with van der Waals surface area (Å²) in [5.74, 6) is -0.223. The molecule has 0 aliphatic rings. The summed E-state index contributed by atoms with van der Waals surface area (Å²) in [4.78, 5) is 11.9. The van der Waals surface area contributed by atoms with Gasteiger partial charge in [-0.2, -0.15) is 0 Å². The van der Waals surface area contributed by atoms with Gasteiger partial charge in [0.1, 0.15) is 4.88 Å². The largest absolute Gasteiger partial charge is 0.462 e. The summed E-state index contributed by atoms with van der Waals surface area (Å²) in [6.07, 6.45) is 0. The Morgan fingerprint density at radius 2 is 2.42 bits per heavy atom. The summed E-state index contributed by atoms with van der Waals surface area (Å²) in [7, 11) is 2.60. The van der Waals surface area contributed by atoms with Crippen LogP contribution in [-0.4, -0.2) is 12.6 Å². The molecule has 12 heavy (non-hydrogen) atoms. The third-order valence-electron chi connectivity index (χ3n) is 1.43. The van der Waals surface area contributed by atoms with Crippen molar-refractivity contribution < 1.29 is 9.53 Å². The molecular formula is C8H11O2PS. The molecule has 66 valence electrons. The first-order chi connectivity index (χ1) is 5.65. The Labute approximate surface area is 78.1 Å². The number of aryl methyl sites for hydroxylation is 1. The number of hydrogen-bond acceptors (Lipinski definition) is 3. The van der Waals surface area contributed by atoms with E-state index in [1.54, 1.807) is 6.92 Å². The first-order valence-corrected chi connectivity index (χ1v) is 5.07. The molecule has 1 heterocycles. The van der Waals surface area contributed by atoms with Gasteiger partial charge in [0.15, 0.2) is 0 Å². The minimum atomic E-state index is -0.223.